The van der Waals surface area contributed by atoms with Crippen molar-refractivity contribution in [3.8, 4) is 0 Å². The van der Waals surface area contributed by atoms with E-state index in [9.17, 15) is 4.79 Å². The van der Waals surface area contributed by atoms with Gasteiger partial charge in [0.1, 0.15) is 0 Å². The molecule has 4 heteroatoms. The fourth-order valence-corrected chi connectivity index (χ4v) is 3.05. The molecule has 4 nitrogen and oxygen atoms in total. The summed E-state index contributed by atoms with van der Waals surface area (Å²) in [6, 6.07) is 0. The van der Waals surface area contributed by atoms with Gasteiger partial charge in [-0.05, 0) is 44.9 Å². The van der Waals surface area contributed by atoms with Crippen LogP contribution in [0.4, 0.5) is 0 Å². The van der Waals surface area contributed by atoms with Crippen molar-refractivity contribution in [2.45, 2.75) is 70.4 Å². The molecule has 0 aromatic rings. The molecule has 1 saturated carbocycles. The van der Waals surface area contributed by atoms with Crippen molar-refractivity contribution < 1.29 is 19.0 Å². The van der Waals surface area contributed by atoms with Crippen LogP contribution in [0.5, 0.6) is 0 Å². The first-order valence-electron chi connectivity index (χ1n) is 7.61. The first-order valence-corrected chi connectivity index (χ1v) is 7.61. The molecular formula is C15H24O4. The second-order valence-corrected chi connectivity index (χ2v) is 6.38. The Bertz CT molecular complexity index is 343. The Morgan fingerprint density at radius 3 is 2.79 bits per heavy atom. The van der Waals surface area contributed by atoms with Gasteiger partial charge in [0.15, 0.2) is 0 Å². The van der Waals surface area contributed by atoms with Crippen LogP contribution in [-0.2, 0) is 19.0 Å². The van der Waals surface area contributed by atoms with Crippen molar-refractivity contribution in [1.29, 1.82) is 0 Å². The normalized spacial score (nSPS) is 41.3. The van der Waals surface area contributed by atoms with Crippen LogP contribution in [0, 0.1) is 11.8 Å². The molecule has 0 amide bonds. The molecule has 0 aromatic heterocycles. The Kier molecular flexibility index (Phi) is 3.81. The topological polar surface area (TPSA) is 51.4 Å². The Morgan fingerprint density at radius 1 is 1.32 bits per heavy atom. The average Bonchev–Trinajstić information content (AvgIpc) is 3.29. The predicted molar refractivity (Wildman–Crippen MR) is 69.7 cm³/mol. The Balaban J connectivity index is 1.31. The molecule has 3 fully saturated rings. The van der Waals surface area contributed by atoms with Crippen LogP contribution in [0.3, 0.4) is 0 Å². The van der Waals surface area contributed by atoms with Gasteiger partial charge in [0.05, 0.1) is 36.9 Å². The minimum absolute atomic E-state index is 0.00934. The van der Waals surface area contributed by atoms with Crippen LogP contribution < -0.4 is 0 Å². The maximum Gasteiger partial charge on any atom is 0.308 e. The summed E-state index contributed by atoms with van der Waals surface area (Å²) in [6.07, 6.45) is 6.92. The van der Waals surface area contributed by atoms with Crippen LogP contribution >= 0.6 is 0 Å². The van der Waals surface area contributed by atoms with E-state index in [1.54, 1.807) is 0 Å². The summed E-state index contributed by atoms with van der Waals surface area (Å²) in [4.78, 5) is 11.9. The van der Waals surface area contributed by atoms with Crippen LogP contribution in [0.2, 0.25) is 0 Å². The third-order valence-electron chi connectivity index (χ3n) is 4.70. The largest absolute Gasteiger partial charge is 0.465 e. The molecule has 0 aromatic carbocycles. The molecule has 6 atom stereocenters. The molecule has 108 valence electrons. The molecule has 2 saturated heterocycles. The smallest absolute Gasteiger partial charge is 0.308 e. The van der Waals surface area contributed by atoms with Crippen molar-refractivity contribution in [3.05, 3.63) is 0 Å². The van der Waals surface area contributed by atoms with E-state index in [2.05, 4.69) is 6.92 Å². The zero-order valence-corrected chi connectivity index (χ0v) is 11.8. The van der Waals surface area contributed by atoms with Crippen molar-refractivity contribution in [2.24, 2.45) is 11.8 Å². The number of carbonyl (C=O) groups excluding carboxylic acids is 1. The minimum atomic E-state index is -0.0489. The standard InChI is InChI=1S/C15H24O4/c1-9(3-5-12-10(2)18-12)15(16)17-8-11-4-6-13-14(7-11)19-13/h9-14H,3-8H2,1-2H3. The van der Waals surface area contributed by atoms with E-state index in [4.69, 9.17) is 14.2 Å². The molecule has 19 heavy (non-hydrogen) atoms. The molecule has 0 N–H and O–H groups in total. The first-order chi connectivity index (χ1) is 9.13. The van der Waals surface area contributed by atoms with Gasteiger partial charge in [-0.1, -0.05) is 6.92 Å². The molecule has 0 spiro atoms. The predicted octanol–water partition coefficient (Wildman–Crippen LogP) is 2.30. The summed E-state index contributed by atoms with van der Waals surface area (Å²) in [5, 5.41) is 0. The van der Waals surface area contributed by atoms with Crippen LogP contribution in [0.25, 0.3) is 0 Å². The maximum atomic E-state index is 11.9. The lowest BCUT2D eigenvalue weighted by atomic mass is 9.90. The van der Waals surface area contributed by atoms with E-state index in [1.807, 2.05) is 6.92 Å². The molecule has 3 rings (SSSR count). The number of hydrogen-bond acceptors (Lipinski definition) is 4. The van der Waals surface area contributed by atoms with Crippen LogP contribution in [0.15, 0.2) is 0 Å². The molecule has 1 aliphatic carbocycles. The van der Waals surface area contributed by atoms with Gasteiger partial charge >= 0.3 is 5.97 Å². The second kappa shape index (κ2) is 5.41. The highest BCUT2D eigenvalue weighted by molar-refractivity contribution is 5.71. The lowest BCUT2D eigenvalue weighted by molar-refractivity contribution is -0.149. The summed E-state index contributed by atoms with van der Waals surface area (Å²) >= 11 is 0. The third-order valence-corrected chi connectivity index (χ3v) is 4.70. The lowest BCUT2D eigenvalue weighted by Crippen LogP contribution is -2.23. The van der Waals surface area contributed by atoms with E-state index in [1.165, 1.54) is 0 Å². The summed E-state index contributed by atoms with van der Waals surface area (Å²) < 4.78 is 16.3. The van der Waals surface area contributed by atoms with Crippen LogP contribution in [0.1, 0.15) is 46.0 Å². The molecule has 6 unspecified atom stereocenters. The highest BCUT2D eigenvalue weighted by Gasteiger charge is 2.44. The molecule has 0 bridgehead atoms. The Labute approximate surface area is 114 Å². The van der Waals surface area contributed by atoms with Crippen LogP contribution in [-0.4, -0.2) is 37.0 Å². The van der Waals surface area contributed by atoms with Crippen molar-refractivity contribution in [3.63, 3.8) is 0 Å². The van der Waals surface area contributed by atoms with Crippen molar-refractivity contribution in [1.82, 2.24) is 0 Å². The molecule has 2 heterocycles. The fraction of sp³-hybridized carbons (Fsp3) is 0.933. The zero-order chi connectivity index (χ0) is 13.4. The summed E-state index contributed by atoms with van der Waals surface area (Å²) in [6.45, 7) is 4.60. The van der Waals surface area contributed by atoms with Gasteiger partial charge in [-0.3, -0.25) is 4.79 Å². The lowest BCUT2D eigenvalue weighted by Gasteiger charge is -2.19. The van der Waals surface area contributed by atoms with Gasteiger partial charge < -0.3 is 14.2 Å². The minimum Gasteiger partial charge on any atom is -0.465 e. The number of esters is 1. The fourth-order valence-electron chi connectivity index (χ4n) is 3.05. The quantitative estimate of drug-likeness (QED) is 0.548. The molecule has 2 aliphatic heterocycles. The number of rotatable bonds is 6. The van der Waals surface area contributed by atoms with E-state index in [0.29, 0.717) is 36.9 Å². The average molecular weight is 268 g/mol. The number of fused-ring (bicyclic) bond motifs is 1. The highest BCUT2D eigenvalue weighted by Crippen LogP contribution is 2.39. The number of ether oxygens (including phenoxy) is 3. The van der Waals surface area contributed by atoms with E-state index >= 15 is 0 Å². The number of epoxide rings is 2. The number of carbonyl (C=O) groups is 1. The molecule has 0 radical (unpaired) electrons. The highest BCUT2D eigenvalue weighted by atomic mass is 16.6. The van der Waals surface area contributed by atoms with Gasteiger partial charge in [-0.15, -0.1) is 0 Å². The third kappa shape index (κ3) is 3.48. The monoisotopic (exact) mass is 268 g/mol. The zero-order valence-electron chi connectivity index (χ0n) is 11.8. The molecule has 3 aliphatic rings. The van der Waals surface area contributed by atoms with E-state index in [-0.39, 0.29) is 11.9 Å². The van der Waals surface area contributed by atoms with Crippen molar-refractivity contribution in [2.75, 3.05) is 6.61 Å². The van der Waals surface area contributed by atoms with Crippen molar-refractivity contribution >= 4 is 5.97 Å². The Morgan fingerprint density at radius 2 is 2.11 bits per heavy atom. The van der Waals surface area contributed by atoms with Gasteiger partial charge in [0, 0.05) is 0 Å². The first kappa shape index (κ1) is 13.4. The summed E-state index contributed by atoms with van der Waals surface area (Å²) in [5.41, 5.74) is 0. The SMILES string of the molecule is CC(CCC1OC1C)C(=O)OCC1CCC2OC2C1. The van der Waals surface area contributed by atoms with E-state index < -0.39 is 0 Å². The van der Waals surface area contributed by atoms with E-state index in [0.717, 1.165) is 32.1 Å². The van der Waals surface area contributed by atoms with Gasteiger partial charge in [-0.25, -0.2) is 0 Å². The molecular weight excluding hydrogens is 244 g/mol. The Hall–Kier alpha value is -0.610. The second-order valence-electron chi connectivity index (χ2n) is 6.38. The summed E-state index contributed by atoms with van der Waals surface area (Å²) in [7, 11) is 0. The summed E-state index contributed by atoms with van der Waals surface area (Å²) in [5.74, 6) is 0.448. The maximum absolute atomic E-state index is 11.9. The van der Waals surface area contributed by atoms with Gasteiger partial charge in [-0.2, -0.15) is 0 Å². The number of hydrogen-bond donors (Lipinski definition) is 0. The van der Waals surface area contributed by atoms with Gasteiger partial charge in [0.25, 0.3) is 0 Å². The van der Waals surface area contributed by atoms with Gasteiger partial charge in [0.2, 0.25) is 0 Å².